The van der Waals surface area contributed by atoms with Crippen LogP contribution in [0.4, 0.5) is 17.1 Å². The first-order valence-electron chi connectivity index (χ1n) is 3.50. The van der Waals surface area contributed by atoms with Crippen LogP contribution in [-0.4, -0.2) is 16.0 Å². The highest BCUT2D eigenvalue weighted by Crippen LogP contribution is 2.26. The normalized spacial score (nSPS) is 9.71. The number of aromatic carboxylic acids is 1. The number of nitrogens with zero attached hydrogens (tertiary/aromatic N) is 1. The number of nitro benzene ring substituents is 1. The van der Waals surface area contributed by atoms with Gasteiger partial charge in [-0.05, 0) is 0 Å². The minimum atomic E-state index is -1.35. The van der Waals surface area contributed by atoms with E-state index >= 15 is 0 Å². The summed E-state index contributed by atoms with van der Waals surface area (Å²) in [4.78, 5) is 20.2. The van der Waals surface area contributed by atoms with Gasteiger partial charge in [0.05, 0.1) is 21.9 Å². The summed E-state index contributed by atoms with van der Waals surface area (Å²) in [5.74, 6) is -1.35. The van der Waals surface area contributed by atoms with E-state index in [4.69, 9.17) is 16.6 Å². The number of carboxylic acids is 1. The number of carboxylic acid groups (broad SMARTS) is 1. The molecule has 0 saturated carbocycles. The molecule has 7 heteroatoms. The second kappa shape index (κ2) is 3.21. The van der Waals surface area contributed by atoms with E-state index in [0.29, 0.717) is 0 Å². The minimum Gasteiger partial charge on any atom is -0.478 e. The molecular formula is C7H7N3O4. The molecule has 0 aliphatic rings. The van der Waals surface area contributed by atoms with Crippen molar-refractivity contribution in [2.75, 3.05) is 11.5 Å². The molecule has 5 N–H and O–H groups in total. The van der Waals surface area contributed by atoms with Crippen LogP contribution in [0.3, 0.4) is 0 Å². The highest BCUT2D eigenvalue weighted by Gasteiger charge is 2.17. The number of hydrogen-bond acceptors (Lipinski definition) is 5. The summed E-state index contributed by atoms with van der Waals surface area (Å²) in [6.45, 7) is 0. The quantitative estimate of drug-likeness (QED) is 0.358. The molecule has 0 aliphatic heterocycles. The fourth-order valence-corrected chi connectivity index (χ4v) is 0.942. The van der Waals surface area contributed by atoms with Crippen molar-refractivity contribution in [3.8, 4) is 0 Å². The molecule has 0 unspecified atom stereocenters. The summed E-state index contributed by atoms with van der Waals surface area (Å²) in [6.07, 6.45) is 0. The van der Waals surface area contributed by atoms with Crippen molar-refractivity contribution in [3.05, 3.63) is 27.8 Å². The second-order valence-electron chi connectivity index (χ2n) is 2.56. The van der Waals surface area contributed by atoms with Gasteiger partial charge in [-0.3, -0.25) is 10.1 Å². The van der Waals surface area contributed by atoms with Crippen LogP contribution >= 0.6 is 0 Å². The lowest BCUT2D eigenvalue weighted by molar-refractivity contribution is -0.384. The molecule has 0 amide bonds. The first-order valence-corrected chi connectivity index (χ1v) is 3.50. The van der Waals surface area contributed by atoms with Crippen molar-refractivity contribution in [1.29, 1.82) is 0 Å². The lowest BCUT2D eigenvalue weighted by atomic mass is 10.1. The van der Waals surface area contributed by atoms with E-state index in [9.17, 15) is 14.9 Å². The standard InChI is InChI=1S/C7H7N3O4/c8-5-2-3(10(13)14)1-4(6(5)9)7(11)12/h1-2H,8-9H2,(H,11,12). The Morgan fingerprint density at radius 3 is 2.43 bits per heavy atom. The number of rotatable bonds is 2. The smallest absolute Gasteiger partial charge is 0.338 e. The molecule has 0 radical (unpaired) electrons. The maximum Gasteiger partial charge on any atom is 0.338 e. The number of non-ortho nitro benzene ring substituents is 1. The molecule has 74 valence electrons. The third-order valence-corrected chi connectivity index (χ3v) is 1.64. The molecule has 0 spiro atoms. The third kappa shape index (κ3) is 1.56. The summed E-state index contributed by atoms with van der Waals surface area (Å²) in [7, 11) is 0. The van der Waals surface area contributed by atoms with Gasteiger partial charge in [-0.2, -0.15) is 0 Å². The van der Waals surface area contributed by atoms with Crippen molar-refractivity contribution in [3.63, 3.8) is 0 Å². The molecule has 0 heterocycles. The van der Waals surface area contributed by atoms with E-state index in [2.05, 4.69) is 0 Å². The zero-order chi connectivity index (χ0) is 10.9. The molecule has 0 atom stereocenters. The van der Waals surface area contributed by atoms with E-state index in [0.717, 1.165) is 12.1 Å². The van der Waals surface area contributed by atoms with Gasteiger partial charge in [0.1, 0.15) is 0 Å². The summed E-state index contributed by atoms with van der Waals surface area (Å²) in [5, 5.41) is 19.0. The van der Waals surface area contributed by atoms with Gasteiger partial charge in [-0.1, -0.05) is 0 Å². The Kier molecular flexibility index (Phi) is 2.24. The van der Waals surface area contributed by atoms with Gasteiger partial charge in [0.25, 0.3) is 5.69 Å². The summed E-state index contributed by atoms with van der Waals surface area (Å²) in [5.41, 5.74) is 9.59. The molecule has 7 nitrogen and oxygen atoms in total. The molecular weight excluding hydrogens is 190 g/mol. The van der Waals surface area contributed by atoms with Crippen molar-refractivity contribution < 1.29 is 14.8 Å². The number of nitro groups is 1. The van der Waals surface area contributed by atoms with Crippen LogP contribution in [0.5, 0.6) is 0 Å². The fraction of sp³-hybridized carbons (Fsp3) is 0. The molecule has 1 aromatic carbocycles. The molecule has 14 heavy (non-hydrogen) atoms. The van der Waals surface area contributed by atoms with Crippen LogP contribution in [0.25, 0.3) is 0 Å². The minimum absolute atomic E-state index is 0.114. The van der Waals surface area contributed by atoms with Gasteiger partial charge in [0.15, 0.2) is 0 Å². The lowest BCUT2D eigenvalue weighted by Crippen LogP contribution is -2.06. The largest absolute Gasteiger partial charge is 0.478 e. The average molecular weight is 197 g/mol. The molecule has 0 fully saturated rings. The topological polar surface area (TPSA) is 132 Å². The zero-order valence-corrected chi connectivity index (χ0v) is 6.93. The number of hydrogen-bond donors (Lipinski definition) is 3. The molecule has 1 rings (SSSR count). The average Bonchev–Trinajstić information content (AvgIpc) is 2.08. The van der Waals surface area contributed by atoms with Crippen LogP contribution in [-0.2, 0) is 0 Å². The fourth-order valence-electron chi connectivity index (χ4n) is 0.942. The first-order chi connectivity index (χ1) is 6.43. The van der Waals surface area contributed by atoms with Gasteiger partial charge in [-0.15, -0.1) is 0 Å². The van der Waals surface area contributed by atoms with E-state index in [1.165, 1.54) is 0 Å². The van der Waals surface area contributed by atoms with Crippen LogP contribution in [0.2, 0.25) is 0 Å². The van der Waals surface area contributed by atoms with Crippen LogP contribution in [0, 0.1) is 10.1 Å². The highest BCUT2D eigenvalue weighted by atomic mass is 16.6. The highest BCUT2D eigenvalue weighted by molar-refractivity contribution is 5.97. The second-order valence-corrected chi connectivity index (χ2v) is 2.56. The summed E-state index contributed by atoms with van der Waals surface area (Å²) in [6, 6.07) is 1.88. The monoisotopic (exact) mass is 197 g/mol. The predicted molar refractivity (Wildman–Crippen MR) is 48.9 cm³/mol. The Hall–Kier alpha value is -2.31. The van der Waals surface area contributed by atoms with Gasteiger partial charge in [0.2, 0.25) is 0 Å². The van der Waals surface area contributed by atoms with Gasteiger partial charge >= 0.3 is 5.97 Å². The number of carbonyl (C=O) groups is 1. The Labute approximate surface area is 78.1 Å². The van der Waals surface area contributed by atoms with E-state index < -0.39 is 16.6 Å². The maximum atomic E-state index is 10.6. The maximum absolute atomic E-state index is 10.6. The molecule has 1 aromatic rings. The zero-order valence-electron chi connectivity index (χ0n) is 6.93. The van der Waals surface area contributed by atoms with Crippen molar-refractivity contribution in [1.82, 2.24) is 0 Å². The summed E-state index contributed by atoms with van der Waals surface area (Å²) >= 11 is 0. The van der Waals surface area contributed by atoms with Crippen molar-refractivity contribution in [2.24, 2.45) is 0 Å². The Morgan fingerprint density at radius 1 is 1.43 bits per heavy atom. The Morgan fingerprint density at radius 2 is 2.00 bits per heavy atom. The molecule has 0 bridgehead atoms. The number of anilines is 2. The van der Waals surface area contributed by atoms with Gasteiger partial charge < -0.3 is 16.6 Å². The van der Waals surface area contributed by atoms with E-state index in [1.54, 1.807) is 0 Å². The van der Waals surface area contributed by atoms with Gasteiger partial charge in [0, 0.05) is 12.1 Å². The number of nitrogens with two attached hydrogens (primary N) is 2. The van der Waals surface area contributed by atoms with Crippen LogP contribution < -0.4 is 11.5 Å². The Balaban J connectivity index is 3.43. The predicted octanol–water partition coefficient (Wildman–Crippen LogP) is 0.457. The van der Waals surface area contributed by atoms with Crippen molar-refractivity contribution >= 4 is 23.0 Å². The number of benzene rings is 1. The van der Waals surface area contributed by atoms with E-state index in [-0.39, 0.29) is 16.9 Å². The summed E-state index contributed by atoms with van der Waals surface area (Å²) < 4.78 is 0. The van der Waals surface area contributed by atoms with Crippen molar-refractivity contribution in [2.45, 2.75) is 0 Å². The van der Waals surface area contributed by atoms with Crippen LogP contribution in [0.1, 0.15) is 10.4 Å². The Bertz CT molecular complexity index is 416. The number of nitrogen functional groups attached to an aromatic ring is 2. The third-order valence-electron chi connectivity index (χ3n) is 1.64. The molecule has 0 aliphatic carbocycles. The lowest BCUT2D eigenvalue weighted by Gasteiger charge is -2.03. The van der Waals surface area contributed by atoms with E-state index in [1.807, 2.05) is 0 Å². The first kappa shape index (κ1) is 9.78. The molecule has 0 aromatic heterocycles. The SMILES string of the molecule is Nc1cc([N+](=O)[O-])cc(C(=O)O)c1N. The van der Waals surface area contributed by atoms with Gasteiger partial charge in [-0.25, -0.2) is 4.79 Å². The van der Waals surface area contributed by atoms with Crippen LogP contribution in [0.15, 0.2) is 12.1 Å². The molecule has 0 saturated heterocycles.